The molecule has 0 aliphatic heterocycles. The van der Waals surface area contributed by atoms with Crippen LogP contribution in [0, 0.1) is 17.2 Å². The summed E-state index contributed by atoms with van der Waals surface area (Å²) in [6.45, 7) is 4.42. The van der Waals surface area contributed by atoms with Crippen molar-refractivity contribution in [2.75, 3.05) is 0 Å². The number of rotatable bonds is 9. The highest BCUT2D eigenvalue weighted by Gasteiger charge is 2.14. The van der Waals surface area contributed by atoms with Gasteiger partial charge in [0.05, 0.1) is 5.56 Å². The molecule has 140 valence electrons. The van der Waals surface area contributed by atoms with Crippen LogP contribution in [-0.2, 0) is 11.2 Å². The first-order valence-corrected chi connectivity index (χ1v) is 9.62. The third-order valence-electron chi connectivity index (χ3n) is 4.93. The van der Waals surface area contributed by atoms with E-state index >= 15 is 0 Å². The Balaban J connectivity index is 2.37. The van der Waals surface area contributed by atoms with Crippen LogP contribution in [0.5, 0.6) is 0 Å². The smallest absolute Gasteiger partial charge is 0.328 e. The van der Waals surface area contributed by atoms with Gasteiger partial charge in [-0.1, -0.05) is 75.9 Å². The van der Waals surface area contributed by atoms with Crippen molar-refractivity contribution >= 4 is 12.0 Å². The number of carboxylic acid groups (broad SMARTS) is 1. The van der Waals surface area contributed by atoms with Gasteiger partial charge in [-0.2, -0.15) is 5.26 Å². The molecule has 1 atom stereocenters. The van der Waals surface area contributed by atoms with Crippen molar-refractivity contribution in [3.63, 3.8) is 0 Å². The van der Waals surface area contributed by atoms with Crippen LogP contribution < -0.4 is 0 Å². The van der Waals surface area contributed by atoms with E-state index in [1.165, 1.54) is 19.3 Å². The molecule has 0 fully saturated rings. The topological polar surface area (TPSA) is 61.1 Å². The van der Waals surface area contributed by atoms with E-state index in [0.717, 1.165) is 46.7 Å². The van der Waals surface area contributed by atoms with Crippen LogP contribution in [0.2, 0.25) is 0 Å². The Hall–Kier alpha value is -2.86. The fourth-order valence-corrected chi connectivity index (χ4v) is 3.37. The first kappa shape index (κ1) is 20.5. The highest BCUT2D eigenvalue weighted by molar-refractivity contribution is 5.85. The van der Waals surface area contributed by atoms with E-state index in [4.69, 9.17) is 5.11 Å². The van der Waals surface area contributed by atoms with Gasteiger partial charge < -0.3 is 5.11 Å². The molecule has 2 aromatic carbocycles. The summed E-state index contributed by atoms with van der Waals surface area (Å²) in [5, 5.41) is 18.6. The third-order valence-corrected chi connectivity index (χ3v) is 4.93. The zero-order chi connectivity index (χ0) is 19.6. The standard InChI is InChI=1S/C24H27NO2/c1-3-5-8-18(4-2)15-21-11-7-12-22(23(21)17-25)20-10-6-9-19(16-20)13-14-24(26)27/h6-7,9-14,16,18H,3-5,8,15H2,1-2H3,(H,26,27). The van der Waals surface area contributed by atoms with Crippen molar-refractivity contribution < 1.29 is 9.90 Å². The van der Waals surface area contributed by atoms with E-state index in [2.05, 4.69) is 26.0 Å². The van der Waals surface area contributed by atoms with Gasteiger partial charge in [0.15, 0.2) is 0 Å². The summed E-state index contributed by atoms with van der Waals surface area (Å²) in [6.07, 6.45) is 8.34. The Morgan fingerprint density at radius 3 is 2.67 bits per heavy atom. The van der Waals surface area contributed by atoms with E-state index in [-0.39, 0.29) is 0 Å². The third kappa shape index (κ3) is 5.82. The molecule has 0 aliphatic carbocycles. The lowest BCUT2D eigenvalue weighted by Crippen LogP contribution is -2.05. The molecular weight excluding hydrogens is 334 g/mol. The monoisotopic (exact) mass is 361 g/mol. The fourth-order valence-electron chi connectivity index (χ4n) is 3.37. The summed E-state index contributed by atoms with van der Waals surface area (Å²) in [5.74, 6) is -0.380. The van der Waals surface area contributed by atoms with Gasteiger partial charge in [-0.3, -0.25) is 0 Å². The number of aliphatic carboxylic acids is 1. The van der Waals surface area contributed by atoms with Crippen LogP contribution in [0.4, 0.5) is 0 Å². The van der Waals surface area contributed by atoms with Crippen molar-refractivity contribution in [3.05, 3.63) is 65.2 Å². The van der Waals surface area contributed by atoms with Gasteiger partial charge in [-0.25, -0.2) is 4.79 Å². The van der Waals surface area contributed by atoms with Crippen LogP contribution >= 0.6 is 0 Å². The van der Waals surface area contributed by atoms with Gasteiger partial charge in [0.1, 0.15) is 6.07 Å². The largest absolute Gasteiger partial charge is 0.478 e. The van der Waals surface area contributed by atoms with Crippen LogP contribution in [0.15, 0.2) is 48.5 Å². The lowest BCUT2D eigenvalue weighted by molar-refractivity contribution is -0.131. The maximum Gasteiger partial charge on any atom is 0.328 e. The molecule has 0 aliphatic rings. The summed E-state index contributed by atoms with van der Waals surface area (Å²) in [6, 6.07) is 16.1. The molecule has 0 heterocycles. The lowest BCUT2D eigenvalue weighted by atomic mass is 9.87. The van der Waals surface area contributed by atoms with Crippen molar-refractivity contribution in [1.82, 2.24) is 0 Å². The number of nitriles is 1. The van der Waals surface area contributed by atoms with E-state index in [1.54, 1.807) is 6.08 Å². The van der Waals surface area contributed by atoms with E-state index < -0.39 is 5.97 Å². The minimum Gasteiger partial charge on any atom is -0.478 e. The van der Waals surface area contributed by atoms with Crippen molar-refractivity contribution in [3.8, 4) is 17.2 Å². The highest BCUT2D eigenvalue weighted by Crippen LogP contribution is 2.29. The first-order chi connectivity index (χ1) is 13.1. The number of carboxylic acids is 1. The van der Waals surface area contributed by atoms with Crippen LogP contribution in [0.1, 0.15) is 56.2 Å². The Morgan fingerprint density at radius 1 is 1.22 bits per heavy atom. The number of carbonyl (C=O) groups is 1. The second-order valence-electron chi connectivity index (χ2n) is 6.87. The molecule has 2 rings (SSSR count). The molecule has 1 N–H and O–H groups in total. The zero-order valence-corrected chi connectivity index (χ0v) is 16.1. The van der Waals surface area contributed by atoms with E-state index in [1.807, 2.05) is 36.4 Å². The summed E-state index contributed by atoms with van der Waals surface area (Å²) in [4.78, 5) is 10.7. The number of unbranched alkanes of at least 4 members (excludes halogenated alkanes) is 1. The van der Waals surface area contributed by atoms with Gasteiger partial charge in [-0.15, -0.1) is 0 Å². The van der Waals surface area contributed by atoms with Gasteiger partial charge in [-0.05, 0) is 46.7 Å². The fraction of sp³-hybridized carbons (Fsp3) is 0.333. The van der Waals surface area contributed by atoms with Gasteiger partial charge >= 0.3 is 5.97 Å². The number of hydrogen-bond acceptors (Lipinski definition) is 2. The van der Waals surface area contributed by atoms with Crippen LogP contribution in [-0.4, -0.2) is 11.1 Å². The predicted octanol–water partition coefficient (Wildman–Crippen LogP) is 6.08. The molecule has 3 heteroatoms. The van der Waals surface area contributed by atoms with E-state index in [0.29, 0.717) is 5.92 Å². The Labute approximate surface area is 162 Å². The summed E-state index contributed by atoms with van der Waals surface area (Å²) in [7, 11) is 0. The molecule has 0 aromatic heterocycles. The second kappa shape index (κ2) is 10.3. The molecule has 2 aromatic rings. The van der Waals surface area contributed by atoms with Gasteiger partial charge in [0.25, 0.3) is 0 Å². The van der Waals surface area contributed by atoms with Crippen LogP contribution in [0.25, 0.3) is 17.2 Å². The number of nitrogens with zero attached hydrogens (tertiary/aromatic N) is 1. The highest BCUT2D eigenvalue weighted by atomic mass is 16.4. The quantitative estimate of drug-likeness (QED) is 0.550. The molecule has 0 saturated carbocycles. The van der Waals surface area contributed by atoms with Crippen molar-refractivity contribution in [2.45, 2.75) is 46.0 Å². The SMILES string of the molecule is CCCCC(CC)Cc1cccc(-c2cccc(C=CC(=O)O)c2)c1C#N. The molecule has 3 nitrogen and oxygen atoms in total. The minimum absolute atomic E-state index is 0.595. The van der Waals surface area contributed by atoms with Crippen molar-refractivity contribution in [1.29, 1.82) is 5.26 Å². The normalized spacial score (nSPS) is 12.0. The predicted molar refractivity (Wildman–Crippen MR) is 110 cm³/mol. The maximum absolute atomic E-state index is 10.7. The Bertz CT molecular complexity index is 846. The van der Waals surface area contributed by atoms with E-state index in [9.17, 15) is 10.1 Å². The second-order valence-corrected chi connectivity index (χ2v) is 6.87. The molecule has 0 amide bonds. The zero-order valence-electron chi connectivity index (χ0n) is 16.1. The average molecular weight is 361 g/mol. The molecule has 27 heavy (non-hydrogen) atoms. The molecule has 0 spiro atoms. The Kier molecular flexibility index (Phi) is 7.82. The van der Waals surface area contributed by atoms with Crippen molar-refractivity contribution in [2.24, 2.45) is 5.92 Å². The minimum atomic E-state index is -0.974. The molecular formula is C24H27NO2. The average Bonchev–Trinajstić information content (AvgIpc) is 2.69. The molecule has 0 bridgehead atoms. The molecule has 0 saturated heterocycles. The van der Waals surface area contributed by atoms with Gasteiger partial charge in [0, 0.05) is 6.08 Å². The van der Waals surface area contributed by atoms with Crippen LogP contribution in [0.3, 0.4) is 0 Å². The van der Waals surface area contributed by atoms with Gasteiger partial charge in [0.2, 0.25) is 0 Å². The summed E-state index contributed by atoms with van der Waals surface area (Å²) in [5.41, 5.74) is 4.48. The summed E-state index contributed by atoms with van der Waals surface area (Å²) >= 11 is 0. The number of benzene rings is 2. The number of hydrogen-bond donors (Lipinski definition) is 1. The lowest BCUT2D eigenvalue weighted by Gasteiger charge is -2.17. The molecule has 0 radical (unpaired) electrons. The Morgan fingerprint density at radius 2 is 2.00 bits per heavy atom. The molecule has 1 unspecified atom stereocenters. The summed E-state index contributed by atoms with van der Waals surface area (Å²) < 4.78 is 0. The maximum atomic E-state index is 10.7. The first-order valence-electron chi connectivity index (χ1n) is 9.62.